The van der Waals surface area contributed by atoms with Gasteiger partial charge in [-0.2, -0.15) is 0 Å². The molecule has 0 aromatic heterocycles. The van der Waals surface area contributed by atoms with Crippen molar-refractivity contribution >= 4 is 33.1 Å². The highest BCUT2D eigenvalue weighted by Crippen LogP contribution is 1.92. The lowest BCUT2D eigenvalue weighted by atomic mass is 10.3. The van der Waals surface area contributed by atoms with E-state index in [2.05, 4.69) is 28.1 Å². The fourth-order valence-electron chi connectivity index (χ4n) is 0.241. The van der Waals surface area contributed by atoms with Crippen LogP contribution in [0.1, 0.15) is 12.8 Å². The zero-order valence-electron chi connectivity index (χ0n) is 3.98. The predicted octanol–water partition coefficient (Wildman–Crippen LogP) is 1.45. The third kappa shape index (κ3) is 6.37. The molecule has 0 bridgehead atoms. The smallest absolute Gasteiger partial charge is 0.0727 e. The lowest BCUT2D eigenvalue weighted by Crippen LogP contribution is -2.06. The maximum Gasteiger partial charge on any atom is 0.0727 e. The number of rotatable bonds is 3. The number of nitrogens with two attached hydrogens (primary N) is 1. The van der Waals surface area contributed by atoms with Crippen molar-refractivity contribution in [1.29, 1.82) is 0 Å². The number of thiocarbonyl (C=S) groups is 1. The zero-order valence-corrected chi connectivity index (χ0v) is 6.39. The Labute approximate surface area is 57.4 Å². The van der Waals surface area contributed by atoms with Crippen molar-refractivity contribution in [3.8, 4) is 0 Å². The molecule has 42 valence electrons. The largest absolute Gasteiger partial charge is 0.393 e. The van der Waals surface area contributed by atoms with Crippen LogP contribution in [0.15, 0.2) is 0 Å². The summed E-state index contributed by atoms with van der Waals surface area (Å²) in [4.78, 5) is 0.611. The third-order valence-corrected chi connectivity index (χ3v) is 1.32. The minimum Gasteiger partial charge on any atom is -0.393 e. The quantitative estimate of drug-likeness (QED) is 0.528. The maximum absolute atomic E-state index is 5.19. The molecule has 0 aromatic carbocycles. The van der Waals surface area contributed by atoms with E-state index in [0.717, 1.165) is 18.2 Å². The molecule has 0 saturated carbocycles. The summed E-state index contributed by atoms with van der Waals surface area (Å²) in [7, 11) is 0. The Morgan fingerprint density at radius 2 is 2.29 bits per heavy atom. The maximum atomic E-state index is 5.19. The second-order valence-corrected chi connectivity index (χ2v) is 2.58. The standard InChI is InChI=1S/C4H8BrNS/c5-3-1-2-4(6)7/h1-3H2,(H2,6,7). The van der Waals surface area contributed by atoms with Crippen LogP contribution in [0.3, 0.4) is 0 Å². The van der Waals surface area contributed by atoms with Crippen LogP contribution in [0.5, 0.6) is 0 Å². The topological polar surface area (TPSA) is 26.0 Å². The molecular weight excluding hydrogens is 174 g/mol. The molecule has 3 heteroatoms. The van der Waals surface area contributed by atoms with E-state index in [4.69, 9.17) is 5.73 Å². The van der Waals surface area contributed by atoms with Crippen molar-refractivity contribution < 1.29 is 0 Å². The van der Waals surface area contributed by atoms with Gasteiger partial charge in [-0.3, -0.25) is 0 Å². The van der Waals surface area contributed by atoms with Gasteiger partial charge in [-0.05, 0) is 12.8 Å². The van der Waals surface area contributed by atoms with E-state index in [9.17, 15) is 0 Å². The minimum atomic E-state index is 0.611. The molecule has 7 heavy (non-hydrogen) atoms. The second-order valence-electron chi connectivity index (χ2n) is 1.26. The lowest BCUT2D eigenvalue weighted by molar-refractivity contribution is 1.02. The molecule has 0 aliphatic heterocycles. The van der Waals surface area contributed by atoms with E-state index in [1.54, 1.807) is 0 Å². The zero-order chi connectivity index (χ0) is 5.70. The molecule has 0 unspecified atom stereocenters. The minimum absolute atomic E-state index is 0.611. The third-order valence-electron chi connectivity index (χ3n) is 0.557. The van der Waals surface area contributed by atoms with Crippen LogP contribution in [0.25, 0.3) is 0 Å². The molecule has 0 rings (SSSR count). The number of alkyl halides is 1. The van der Waals surface area contributed by atoms with Gasteiger partial charge in [0.05, 0.1) is 4.99 Å². The summed E-state index contributed by atoms with van der Waals surface area (Å²) in [6, 6.07) is 0. The molecule has 0 aliphatic carbocycles. The Hall–Kier alpha value is 0.370. The Morgan fingerprint density at radius 1 is 1.71 bits per heavy atom. The fourth-order valence-corrected chi connectivity index (χ4v) is 0.666. The summed E-state index contributed by atoms with van der Waals surface area (Å²) < 4.78 is 0. The first-order valence-corrected chi connectivity index (χ1v) is 3.64. The Kier molecular flexibility index (Phi) is 4.77. The average Bonchev–Trinajstić information content (AvgIpc) is 1.61. The van der Waals surface area contributed by atoms with Gasteiger partial charge in [0, 0.05) is 5.33 Å². The van der Waals surface area contributed by atoms with Crippen LogP contribution in [-0.4, -0.2) is 10.3 Å². The highest BCUT2D eigenvalue weighted by Gasteiger charge is 1.84. The van der Waals surface area contributed by atoms with Crippen LogP contribution in [0.2, 0.25) is 0 Å². The molecule has 2 N–H and O–H groups in total. The first-order valence-electron chi connectivity index (χ1n) is 2.11. The van der Waals surface area contributed by atoms with Gasteiger partial charge in [0.15, 0.2) is 0 Å². The molecule has 0 heterocycles. The molecule has 0 atom stereocenters. The molecule has 0 amide bonds. The molecular formula is C4H8BrNS. The Balaban J connectivity index is 2.82. The van der Waals surface area contributed by atoms with Crippen molar-refractivity contribution in [2.75, 3.05) is 5.33 Å². The monoisotopic (exact) mass is 181 g/mol. The summed E-state index contributed by atoms with van der Waals surface area (Å²) in [5, 5.41) is 0.990. The summed E-state index contributed by atoms with van der Waals surface area (Å²) >= 11 is 7.88. The predicted molar refractivity (Wildman–Crippen MR) is 39.8 cm³/mol. The Bertz CT molecular complexity index is 64.7. The van der Waals surface area contributed by atoms with Crippen molar-refractivity contribution in [1.82, 2.24) is 0 Å². The van der Waals surface area contributed by atoms with Gasteiger partial charge in [0.2, 0.25) is 0 Å². The van der Waals surface area contributed by atoms with Gasteiger partial charge in [0.25, 0.3) is 0 Å². The van der Waals surface area contributed by atoms with E-state index >= 15 is 0 Å². The van der Waals surface area contributed by atoms with Gasteiger partial charge in [-0.1, -0.05) is 28.1 Å². The first-order chi connectivity index (χ1) is 3.27. The van der Waals surface area contributed by atoms with E-state index in [-0.39, 0.29) is 0 Å². The first kappa shape index (κ1) is 7.37. The van der Waals surface area contributed by atoms with E-state index in [1.807, 2.05) is 0 Å². The molecule has 0 aromatic rings. The van der Waals surface area contributed by atoms with Crippen LogP contribution in [0.4, 0.5) is 0 Å². The highest BCUT2D eigenvalue weighted by molar-refractivity contribution is 9.09. The van der Waals surface area contributed by atoms with E-state index in [0.29, 0.717) is 4.99 Å². The highest BCUT2D eigenvalue weighted by atomic mass is 79.9. The van der Waals surface area contributed by atoms with Gasteiger partial charge in [-0.25, -0.2) is 0 Å². The van der Waals surface area contributed by atoms with Crippen LogP contribution in [-0.2, 0) is 0 Å². The SMILES string of the molecule is NC(=S)CCCBr. The second kappa shape index (κ2) is 4.53. The molecule has 1 nitrogen and oxygen atoms in total. The van der Waals surface area contributed by atoms with Gasteiger partial charge < -0.3 is 5.73 Å². The van der Waals surface area contributed by atoms with Crippen LogP contribution in [0, 0.1) is 0 Å². The van der Waals surface area contributed by atoms with Gasteiger partial charge in [-0.15, -0.1) is 0 Å². The van der Waals surface area contributed by atoms with Crippen molar-refractivity contribution in [2.45, 2.75) is 12.8 Å². The summed E-state index contributed by atoms with van der Waals surface area (Å²) in [5.74, 6) is 0. The van der Waals surface area contributed by atoms with Crippen molar-refractivity contribution in [3.63, 3.8) is 0 Å². The number of halogens is 1. The van der Waals surface area contributed by atoms with E-state index < -0.39 is 0 Å². The van der Waals surface area contributed by atoms with Crippen LogP contribution >= 0.6 is 28.1 Å². The summed E-state index contributed by atoms with van der Waals surface area (Å²) in [6.07, 6.45) is 1.91. The van der Waals surface area contributed by atoms with Crippen molar-refractivity contribution in [2.24, 2.45) is 5.73 Å². The number of hydrogen-bond acceptors (Lipinski definition) is 1. The van der Waals surface area contributed by atoms with Gasteiger partial charge >= 0.3 is 0 Å². The average molecular weight is 182 g/mol. The summed E-state index contributed by atoms with van der Waals surface area (Å²) in [6.45, 7) is 0. The molecule has 0 aliphatic rings. The molecule has 0 spiro atoms. The lowest BCUT2D eigenvalue weighted by Gasteiger charge is -1.89. The number of hydrogen-bond donors (Lipinski definition) is 1. The Morgan fingerprint density at radius 3 is 2.43 bits per heavy atom. The van der Waals surface area contributed by atoms with Crippen molar-refractivity contribution in [3.05, 3.63) is 0 Å². The summed E-state index contributed by atoms with van der Waals surface area (Å²) in [5.41, 5.74) is 5.19. The van der Waals surface area contributed by atoms with Crippen LogP contribution < -0.4 is 5.73 Å². The molecule has 0 saturated heterocycles. The van der Waals surface area contributed by atoms with Gasteiger partial charge in [0.1, 0.15) is 0 Å². The van der Waals surface area contributed by atoms with E-state index in [1.165, 1.54) is 0 Å². The normalized spacial score (nSPS) is 8.71. The molecule has 0 radical (unpaired) electrons. The fraction of sp³-hybridized carbons (Fsp3) is 0.750. The molecule has 0 fully saturated rings.